The molecule has 7 nitrogen and oxygen atoms in total. The summed E-state index contributed by atoms with van der Waals surface area (Å²) in [6.07, 6.45) is 2.81. The fraction of sp³-hybridized carbons (Fsp3) is 0.188. The van der Waals surface area contributed by atoms with Crippen LogP contribution in [0.2, 0.25) is 0 Å². The van der Waals surface area contributed by atoms with E-state index in [2.05, 4.69) is 5.32 Å². The highest BCUT2D eigenvalue weighted by atomic mass is 16.5. The Morgan fingerprint density at radius 1 is 1.00 bits per heavy atom. The first-order chi connectivity index (χ1) is 18.7. The van der Waals surface area contributed by atoms with Gasteiger partial charge < -0.3 is 25.2 Å². The molecule has 5 aromatic rings. The predicted octanol–water partition coefficient (Wildman–Crippen LogP) is 4.57. The normalized spacial score (nSPS) is 13.6. The number of aromatic nitrogens is 1. The molecule has 0 aliphatic heterocycles. The molecular formula is C32H30N2O5. The first-order valence-electron chi connectivity index (χ1n) is 12.7. The molecule has 3 aromatic carbocycles. The number of amides is 1. The van der Waals surface area contributed by atoms with E-state index in [4.69, 9.17) is 4.42 Å². The summed E-state index contributed by atoms with van der Waals surface area (Å²) in [6.45, 7) is 3.55. The molecule has 1 amide bonds. The molecule has 2 heterocycles. The van der Waals surface area contributed by atoms with Crippen molar-refractivity contribution in [3.05, 3.63) is 142 Å². The summed E-state index contributed by atoms with van der Waals surface area (Å²) in [7, 11) is 0. The zero-order valence-electron chi connectivity index (χ0n) is 21.8. The molecule has 0 saturated carbocycles. The number of aryl methyl sites for hydroxylation is 1. The van der Waals surface area contributed by atoms with Crippen molar-refractivity contribution < 1.29 is 24.2 Å². The summed E-state index contributed by atoms with van der Waals surface area (Å²) < 4.78 is 6.59. The molecule has 198 valence electrons. The molecule has 2 aromatic heterocycles. The second kappa shape index (κ2) is 10.7. The lowest BCUT2D eigenvalue weighted by Gasteiger charge is -2.22. The van der Waals surface area contributed by atoms with E-state index in [1.807, 2.05) is 67.6 Å². The smallest absolute Gasteiger partial charge is 0.225 e. The van der Waals surface area contributed by atoms with Crippen LogP contribution in [0.15, 0.2) is 102 Å². The van der Waals surface area contributed by atoms with E-state index < -0.39 is 5.60 Å². The van der Waals surface area contributed by atoms with Gasteiger partial charge in [0.15, 0.2) is 12.4 Å². The van der Waals surface area contributed by atoms with Crippen LogP contribution < -0.4 is 10.0 Å². The van der Waals surface area contributed by atoms with Gasteiger partial charge in [0.05, 0.1) is 19.1 Å². The SMILES string of the molecule is Cc1cc(CO)ccc1C(NC(=O)Cc1ccc2oc(C(C)(O)c3cc[n+]([O-])cc3)cc2c1)c1ccccc1. The standard InChI is InChI=1S/C32H30N2O5/c1-21-16-23(20-35)8-10-27(21)31(24-6-4-3-5-7-24)33-30(36)18-22-9-11-28-25(17-22)19-29(39-28)32(2,37)26-12-14-34(38)15-13-26/h3-17,19,31,35,37H,18,20H2,1-2H3,(H,33,36). The third-order valence-corrected chi connectivity index (χ3v) is 7.06. The van der Waals surface area contributed by atoms with Gasteiger partial charge in [-0.25, -0.2) is 0 Å². The number of pyridine rings is 1. The fourth-order valence-electron chi connectivity index (χ4n) is 4.87. The number of fused-ring (bicyclic) bond motifs is 1. The van der Waals surface area contributed by atoms with E-state index in [1.54, 1.807) is 31.2 Å². The molecule has 0 fully saturated rings. The van der Waals surface area contributed by atoms with E-state index in [1.165, 1.54) is 12.4 Å². The van der Waals surface area contributed by atoms with Gasteiger partial charge >= 0.3 is 0 Å². The summed E-state index contributed by atoms with van der Waals surface area (Å²) in [5, 5.41) is 36.0. The Balaban J connectivity index is 1.38. The summed E-state index contributed by atoms with van der Waals surface area (Å²) >= 11 is 0. The molecule has 0 radical (unpaired) electrons. The van der Waals surface area contributed by atoms with Crippen LogP contribution in [0.25, 0.3) is 11.0 Å². The van der Waals surface area contributed by atoms with Gasteiger partial charge in [-0.3, -0.25) is 4.79 Å². The highest BCUT2D eigenvalue weighted by Gasteiger charge is 2.30. The lowest BCUT2D eigenvalue weighted by Crippen LogP contribution is -2.31. The Morgan fingerprint density at radius 3 is 2.41 bits per heavy atom. The Labute approximate surface area is 226 Å². The third-order valence-electron chi connectivity index (χ3n) is 7.06. The van der Waals surface area contributed by atoms with Crippen molar-refractivity contribution in [2.45, 2.75) is 38.5 Å². The Bertz CT molecular complexity index is 1610. The Kier molecular flexibility index (Phi) is 7.19. The summed E-state index contributed by atoms with van der Waals surface area (Å²) in [5.74, 6) is 0.202. The maximum absolute atomic E-state index is 13.3. The maximum atomic E-state index is 13.3. The highest BCUT2D eigenvalue weighted by molar-refractivity contribution is 5.83. The first-order valence-corrected chi connectivity index (χ1v) is 12.7. The molecular weight excluding hydrogens is 492 g/mol. The summed E-state index contributed by atoms with van der Waals surface area (Å²) in [6, 6.07) is 25.6. The number of furan rings is 1. The van der Waals surface area contributed by atoms with Crippen molar-refractivity contribution in [3.63, 3.8) is 0 Å². The van der Waals surface area contributed by atoms with Crippen molar-refractivity contribution in [1.82, 2.24) is 5.32 Å². The minimum Gasteiger partial charge on any atom is -0.619 e. The molecule has 0 saturated heterocycles. The number of nitrogens with zero attached hydrogens (tertiary/aromatic N) is 1. The van der Waals surface area contributed by atoms with Crippen LogP contribution in [0.3, 0.4) is 0 Å². The van der Waals surface area contributed by atoms with Gasteiger partial charge in [0.1, 0.15) is 16.9 Å². The van der Waals surface area contributed by atoms with Crippen LogP contribution in [0.4, 0.5) is 0 Å². The predicted molar refractivity (Wildman–Crippen MR) is 148 cm³/mol. The Hall–Kier alpha value is -4.46. The Morgan fingerprint density at radius 2 is 1.72 bits per heavy atom. The van der Waals surface area contributed by atoms with E-state index >= 15 is 0 Å². The quantitative estimate of drug-likeness (QED) is 0.204. The number of carbonyl (C=O) groups is 1. The van der Waals surface area contributed by atoms with E-state index in [-0.39, 0.29) is 25.0 Å². The topological polar surface area (TPSA) is 110 Å². The monoisotopic (exact) mass is 522 g/mol. The second-order valence-electron chi connectivity index (χ2n) is 9.94. The van der Waals surface area contributed by atoms with Crippen LogP contribution in [0, 0.1) is 12.1 Å². The summed E-state index contributed by atoms with van der Waals surface area (Å²) in [5.41, 5.74) is 4.23. The van der Waals surface area contributed by atoms with Gasteiger partial charge in [-0.05, 0) is 59.9 Å². The number of aliphatic hydroxyl groups excluding tert-OH is 1. The number of nitrogens with one attached hydrogen (secondary N) is 1. The van der Waals surface area contributed by atoms with Crippen molar-refractivity contribution >= 4 is 16.9 Å². The van der Waals surface area contributed by atoms with Crippen molar-refractivity contribution in [2.24, 2.45) is 0 Å². The van der Waals surface area contributed by atoms with Crippen molar-refractivity contribution in [1.29, 1.82) is 0 Å². The number of hydrogen-bond donors (Lipinski definition) is 3. The molecule has 7 heteroatoms. The molecule has 0 bridgehead atoms. The first kappa shape index (κ1) is 26.2. The second-order valence-corrected chi connectivity index (χ2v) is 9.94. The van der Waals surface area contributed by atoms with Gasteiger partial charge in [0.2, 0.25) is 5.91 Å². The van der Waals surface area contributed by atoms with Gasteiger partial charge in [-0.15, -0.1) is 0 Å². The molecule has 0 spiro atoms. The van der Waals surface area contributed by atoms with Gasteiger partial charge in [0, 0.05) is 23.1 Å². The fourth-order valence-corrected chi connectivity index (χ4v) is 4.87. The molecule has 0 aliphatic rings. The van der Waals surface area contributed by atoms with Crippen molar-refractivity contribution in [2.75, 3.05) is 0 Å². The molecule has 5 rings (SSSR count). The van der Waals surface area contributed by atoms with Gasteiger partial charge in [-0.2, -0.15) is 4.73 Å². The van der Waals surface area contributed by atoms with Crippen molar-refractivity contribution in [3.8, 4) is 0 Å². The average Bonchev–Trinajstić information content (AvgIpc) is 3.37. The van der Waals surface area contributed by atoms with Crippen LogP contribution in [-0.2, 0) is 23.4 Å². The van der Waals surface area contributed by atoms with E-state index in [0.717, 1.165) is 33.2 Å². The van der Waals surface area contributed by atoms with Crippen LogP contribution >= 0.6 is 0 Å². The summed E-state index contributed by atoms with van der Waals surface area (Å²) in [4.78, 5) is 13.3. The lowest BCUT2D eigenvalue weighted by molar-refractivity contribution is -0.605. The highest BCUT2D eigenvalue weighted by Crippen LogP contribution is 2.33. The molecule has 39 heavy (non-hydrogen) atoms. The zero-order chi connectivity index (χ0) is 27.6. The largest absolute Gasteiger partial charge is 0.619 e. The van der Waals surface area contributed by atoms with E-state index in [0.29, 0.717) is 21.6 Å². The minimum absolute atomic E-state index is 0.0391. The maximum Gasteiger partial charge on any atom is 0.225 e. The number of rotatable bonds is 8. The van der Waals surface area contributed by atoms with Crippen LogP contribution in [0.1, 0.15) is 52.1 Å². The third kappa shape index (κ3) is 5.55. The van der Waals surface area contributed by atoms with Gasteiger partial charge in [-0.1, -0.05) is 54.6 Å². The number of hydrogen-bond acceptors (Lipinski definition) is 5. The molecule has 3 N–H and O–H groups in total. The minimum atomic E-state index is -1.43. The number of aliphatic hydroxyl groups is 2. The van der Waals surface area contributed by atoms with Gasteiger partial charge in [0.25, 0.3) is 0 Å². The number of carbonyl (C=O) groups excluding carboxylic acids is 1. The van der Waals surface area contributed by atoms with E-state index in [9.17, 15) is 20.2 Å². The molecule has 0 aliphatic carbocycles. The molecule has 2 atom stereocenters. The average molecular weight is 523 g/mol. The lowest BCUT2D eigenvalue weighted by atomic mass is 9.93. The van der Waals surface area contributed by atoms with Crippen LogP contribution in [0.5, 0.6) is 0 Å². The van der Waals surface area contributed by atoms with Crippen LogP contribution in [-0.4, -0.2) is 16.1 Å². The molecule has 2 unspecified atom stereocenters. The number of benzene rings is 3. The zero-order valence-corrected chi connectivity index (χ0v) is 21.8.